The summed E-state index contributed by atoms with van der Waals surface area (Å²) in [4.78, 5) is 0. The summed E-state index contributed by atoms with van der Waals surface area (Å²) >= 11 is 0. The van der Waals surface area contributed by atoms with Gasteiger partial charge in [0.05, 0.1) is 13.4 Å². The van der Waals surface area contributed by atoms with Gasteiger partial charge in [-0.1, -0.05) is 18.2 Å². The number of fused-ring (bicyclic) bond motifs is 1. The second kappa shape index (κ2) is 7.06. The number of methoxy groups -OCH3 is 3. The van der Waals surface area contributed by atoms with Gasteiger partial charge in [0.1, 0.15) is 11.9 Å². The molecule has 2 aromatic rings. The zero-order chi connectivity index (χ0) is 18.0. The zero-order valence-electron chi connectivity index (χ0n) is 14.4. The third-order valence-corrected chi connectivity index (χ3v) is 4.55. The van der Waals surface area contributed by atoms with E-state index in [-0.39, 0.29) is 0 Å². The maximum atomic E-state index is 11.5. The Morgan fingerprint density at radius 1 is 0.958 bits per heavy atom. The monoisotopic (exact) mass is 354 g/mol. The molecule has 0 fully saturated rings. The third-order valence-electron chi connectivity index (χ3n) is 3.91. The van der Waals surface area contributed by atoms with Gasteiger partial charge in [0.25, 0.3) is 10.1 Å². The minimum atomic E-state index is -3.66. The first-order valence-corrected chi connectivity index (χ1v) is 9.14. The van der Waals surface area contributed by atoms with Gasteiger partial charge >= 0.3 is 0 Å². The number of hydrogen-bond donors (Lipinski definition) is 0. The van der Waals surface area contributed by atoms with Crippen LogP contribution in [0.3, 0.4) is 0 Å². The Kier molecular flexibility index (Phi) is 5.49. The Labute approximate surface area is 142 Å². The van der Waals surface area contributed by atoms with Gasteiger partial charge in [-0.3, -0.25) is 4.18 Å². The fourth-order valence-electron chi connectivity index (χ4n) is 2.78. The molecule has 2 aromatic carbocycles. The van der Waals surface area contributed by atoms with Crippen LogP contribution in [0, 0.1) is 0 Å². The summed E-state index contributed by atoms with van der Waals surface area (Å²) in [5.74, 6) is -0.592. The molecule has 0 aliphatic rings. The van der Waals surface area contributed by atoms with E-state index in [1.807, 2.05) is 36.4 Å². The molecular weight excluding hydrogens is 332 g/mol. The highest BCUT2D eigenvalue weighted by Crippen LogP contribution is 2.35. The van der Waals surface area contributed by atoms with Crippen molar-refractivity contribution in [2.24, 2.45) is 0 Å². The number of ether oxygens (including phenoxy) is 3. The van der Waals surface area contributed by atoms with Crippen LogP contribution < -0.4 is 4.74 Å². The largest absolute Gasteiger partial charge is 0.497 e. The van der Waals surface area contributed by atoms with Crippen molar-refractivity contribution in [3.05, 3.63) is 42.0 Å². The zero-order valence-corrected chi connectivity index (χ0v) is 15.2. The maximum absolute atomic E-state index is 11.5. The molecule has 24 heavy (non-hydrogen) atoms. The smallest absolute Gasteiger partial charge is 0.264 e. The van der Waals surface area contributed by atoms with E-state index in [0.29, 0.717) is 5.56 Å². The molecule has 0 saturated carbocycles. The Hall–Kier alpha value is -1.67. The van der Waals surface area contributed by atoms with Crippen LogP contribution in [0.5, 0.6) is 5.75 Å². The van der Waals surface area contributed by atoms with Gasteiger partial charge in [0.2, 0.25) is 5.79 Å². The van der Waals surface area contributed by atoms with Gasteiger partial charge in [0.15, 0.2) is 0 Å². The van der Waals surface area contributed by atoms with Crippen LogP contribution in [0.25, 0.3) is 10.8 Å². The van der Waals surface area contributed by atoms with E-state index >= 15 is 0 Å². The summed E-state index contributed by atoms with van der Waals surface area (Å²) in [5.41, 5.74) is 0.654. The molecule has 0 N–H and O–H groups in total. The fourth-order valence-corrected chi connectivity index (χ4v) is 3.43. The molecule has 1 atom stereocenters. The standard InChI is InChI=1S/C17H22O6S/c1-12(23-24(5,18)19)17(21-3,22-4)15-8-6-14-11-16(20-2)9-7-13(14)10-15/h6-12H,1-5H3/t12-/m0/s1. The van der Waals surface area contributed by atoms with Crippen molar-refractivity contribution in [3.8, 4) is 5.75 Å². The van der Waals surface area contributed by atoms with E-state index in [4.69, 9.17) is 18.4 Å². The molecule has 0 unspecified atom stereocenters. The first kappa shape index (κ1) is 18.7. The second-order valence-corrected chi connectivity index (χ2v) is 7.05. The quantitative estimate of drug-likeness (QED) is 0.562. The lowest BCUT2D eigenvalue weighted by Crippen LogP contribution is -2.44. The second-order valence-electron chi connectivity index (χ2n) is 5.45. The van der Waals surface area contributed by atoms with E-state index in [0.717, 1.165) is 22.8 Å². The van der Waals surface area contributed by atoms with E-state index in [9.17, 15) is 8.42 Å². The Morgan fingerprint density at radius 3 is 2.08 bits per heavy atom. The summed E-state index contributed by atoms with van der Waals surface area (Å²) < 4.78 is 44.4. The molecule has 0 saturated heterocycles. The molecule has 0 amide bonds. The maximum Gasteiger partial charge on any atom is 0.264 e. The van der Waals surface area contributed by atoms with Crippen LogP contribution in [0.2, 0.25) is 0 Å². The van der Waals surface area contributed by atoms with Crippen molar-refractivity contribution < 1.29 is 26.8 Å². The molecule has 6 nitrogen and oxygen atoms in total. The molecule has 0 heterocycles. The van der Waals surface area contributed by atoms with E-state index in [1.54, 1.807) is 14.0 Å². The van der Waals surface area contributed by atoms with Crippen LogP contribution in [0.15, 0.2) is 36.4 Å². The van der Waals surface area contributed by atoms with Crippen LogP contribution in [0.4, 0.5) is 0 Å². The molecule has 0 bridgehead atoms. The van der Waals surface area contributed by atoms with Gasteiger partial charge < -0.3 is 14.2 Å². The first-order chi connectivity index (χ1) is 11.3. The van der Waals surface area contributed by atoms with Crippen LogP contribution in [0.1, 0.15) is 12.5 Å². The van der Waals surface area contributed by atoms with E-state index in [1.165, 1.54) is 14.2 Å². The summed E-state index contributed by atoms with van der Waals surface area (Å²) in [6, 6.07) is 11.3. The molecule has 2 rings (SSSR count). The van der Waals surface area contributed by atoms with Gasteiger partial charge in [-0.05, 0) is 35.9 Å². The van der Waals surface area contributed by atoms with Crippen molar-refractivity contribution in [2.45, 2.75) is 18.8 Å². The molecule has 0 aliphatic carbocycles. The van der Waals surface area contributed by atoms with Gasteiger partial charge in [-0.15, -0.1) is 0 Å². The topological polar surface area (TPSA) is 71.1 Å². The summed E-state index contributed by atoms with van der Waals surface area (Å²) in [7, 11) is 0.846. The van der Waals surface area contributed by atoms with Crippen LogP contribution in [-0.4, -0.2) is 42.1 Å². The van der Waals surface area contributed by atoms with E-state index in [2.05, 4.69) is 0 Å². The Morgan fingerprint density at radius 2 is 1.54 bits per heavy atom. The van der Waals surface area contributed by atoms with Crippen molar-refractivity contribution in [1.82, 2.24) is 0 Å². The lowest BCUT2D eigenvalue weighted by molar-refractivity contribution is -0.257. The predicted molar refractivity (Wildman–Crippen MR) is 91.6 cm³/mol. The van der Waals surface area contributed by atoms with Crippen molar-refractivity contribution in [3.63, 3.8) is 0 Å². The number of benzene rings is 2. The summed E-state index contributed by atoms with van der Waals surface area (Å²) in [6.45, 7) is 1.59. The fraction of sp³-hybridized carbons (Fsp3) is 0.412. The average molecular weight is 354 g/mol. The molecule has 0 aliphatic heterocycles. The average Bonchev–Trinajstić information content (AvgIpc) is 2.54. The summed E-state index contributed by atoms with van der Waals surface area (Å²) in [5, 5.41) is 1.93. The third kappa shape index (κ3) is 3.70. The highest BCUT2D eigenvalue weighted by Gasteiger charge is 2.41. The van der Waals surface area contributed by atoms with Crippen LogP contribution >= 0.6 is 0 Å². The first-order valence-electron chi connectivity index (χ1n) is 7.32. The lowest BCUT2D eigenvalue weighted by Gasteiger charge is -2.35. The number of rotatable bonds is 7. The van der Waals surface area contributed by atoms with Crippen molar-refractivity contribution in [2.75, 3.05) is 27.6 Å². The molecule has 0 aromatic heterocycles. The minimum absolute atomic E-state index is 0.654. The predicted octanol–water partition coefficient (Wildman–Crippen LogP) is 2.66. The molecule has 132 valence electrons. The molecule has 0 spiro atoms. The Balaban J connectivity index is 2.52. The Bertz CT molecular complexity index is 811. The highest BCUT2D eigenvalue weighted by molar-refractivity contribution is 7.86. The molecule has 0 radical (unpaired) electrons. The summed E-state index contributed by atoms with van der Waals surface area (Å²) in [6.07, 6.45) is 0.116. The molecule has 7 heteroatoms. The highest BCUT2D eigenvalue weighted by atomic mass is 32.2. The van der Waals surface area contributed by atoms with E-state index < -0.39 is 22.0 Å². The number of hydrogen-bond acceptors (Lipinski definition) is 6. The molecular formula is C17H22O6S. The van der Waals surface area contributed by atoms with Gasteiger partial charge in [-0.25, -0.2) is 0 Å². The van der Waals surface area contributed by atoms with Gasteiger partial charge in [0, 0.05) is 19.8 Å². The van der Waals surface area contributed by atoms with Crippen LogP contribution in [-0.2, 0) is 29.6 Å². The van der Waals surface area contributed by atoms with Crippen molar-refractivity contribution in [1.29, 1.82) is 0 Å². The SMILES string of the molecule is COc1ccc2cc(C(OC)(OC)[C@H](C)OS(C)(=O)=O)ccc2c1. The lowest BCUT2D eigenvalue weighted by atomic mass is 9.97. The minimum Gasteiger partial charge on any atom is -0.497 e. The van der Waals surface area contributed by atoms with Crippen molar-refractivity contribution >= 4 is 20.9 Å². The normalized spacial score (nSPS) is 13.9. The van der Waals surface area contributed by atoms with Gasteiger partial charge in [-0.2, -0.15) is 8.42 Å².